The molecule has 2 rings (SSSR count). The van der Waals surface area contributed by atoms with Crippen molar-refractivity contribution in [2.24, 2.45) is 0 Å². The molecule has 0 amide bonds. The second-order valence-corrected chi connectivity index (χ2v) is 4.34. The van der Waals surface area contributed by atoms with Crippen LogP contribution in [0.25, 0.3) is 11.2 Å². The molecule has 0 saturated heterocycles. The maximum atomic E-state index is 4.32. The Balaban J connectivity index is 2.78. The van der Waals surface area contributed by atoms with Gasteiger partial charge in [0.1, 0.15) is 5.52 Å². The highest BCUT2D eigenvalue weighted by Crippen LogP contribution is 2.26. The van der Waals surface area contributed by atoms with Crippen LogP contribution in [-0.2, 0) is 5.41 Å². The van der Waals surface area contributed by atoms with Crippen LogP contribution in [0.1, 0.15) is 26.3 Å². The maximum absolute atomic E-state index is 4.32. The SMILES string of the molecule is CC(C)(C)c1ccnc2nccnc12. The summed E-state index contributed by atoms with van der Waals surface area (Å²) in [4.78, 5) is 12.7. The van der Waals surface area contributed by atoms with Crippen LogP contribution in [-0.4, -0.2) is 15.0 Å². The molecule has 0 fully saturated rings. The van der Waals surface area contributed by atoms with Gasteiger partial charge in [-0.1, -0.05) is 20.8 Å². The topological polar surface area (TPSA) is 38.7 Å². The van der Waals surface area contributed by atoms with Gasteiger partial charge in [0, 0.05) is 18.6 Å². The summed E-state index contributed by atoms with van der Waals surface area (Å²) >= 11 is 0. The summed E-state index contributed by atoms with van der Waals surface area (Å²) < 4.78 is 0. The molecule has 14 heavy (non-hydrogen) atoms. The first-order valence-electron chi connectivity index (χ1n) is 4.65. The third-order valence-corrected chi connectivity index (χ3v) is 2.18. The largest absolute Gasteiger partial charge is 0.251 e. The third-order valence-electron chi connectivity index (χ3n) is 2.18. The molecule has 0 aliphatic carbocycles. The Hall–Kier alpha value is -1.51. The van der Waals surface area contributed by atoms with Crippen LogP contribution in [0.2, 0.25) is 0 Å². The molecule has 2 aromatic rings. The van der Waals surface area contributed by atoms with Crippen molar-refractivity contribution < 1.29 is 0 Å². The highest BCUT2D eigenvalue weighted by Gasteiger charge is 2.17. The van der Waals surface area contributed by atoms with E-state index in [1.807, 2.05) is 6.07 Å². The van der Waals surface area contributed by atoms with E-state index in [2.05, 4.69) is 35.7 Å². The summed E-state index contributed by atoms with van der Waals surface area (Å²) in [5.41, 5.74) is 2.90. The summed E-state index contributed by atoms with van der Waals surface area (Å²) in [6, 6.07) is 2.01. The molecular formula is C11H13N3. The van der Waals surface area contributed by atoms with Crippen molar-refractivity contribution in [3.63, 3.8) is 0 Å². The standard InChI is InChI=1S/C11H13N3/c1-11(2,3)8-4-5-13-10-9(8)12-6-7-14-10/h4-7H,1-3H3. The van der Waals surface area contributed by atoms with Gasteiger partial charge in [-0.3, -0.25) is 4.98 Å². The summed E-state index contributed by atoms with van der Waals surface area (Å²) in [7, 11) is 0. The average molecular weight is 187 g/mol. The van der Waals surface area contributed by atoms with Crippen LogP contribution < -0.4 is 0 Å². The van der Waals surface area contributed by atoms with E-state index < -0.39 is 0 Å². The Bertz CT molecular complexity index is 452. The molecule has 0 bridgehead atoms. The highest BCUT2D eigenvalue weighted by molar-refractivity contribution is 5.74. The number of aromatic nitrogens is 3. The van der Waals surface area contributed by atoms with Gasteiger partial charge in [-0.15, -0.1) is 0 Å². The molecule has 0 aliphatic rings. The number of hydrogen-bond donors (Lipinski definition) is 0. The average Bonchev–Trinajstić information content (AvgIpc) is 2.15. The number of hydrogen-bond acceptors (Lipinski definition) is 3. The summed E-state index contributed by atoms with van der Waals surface area (Å²) in [6.45, 7) is 6.49. The molecule has 2 aromatic heterocycles. The van der Waals surface area contributed by atoms with Crippen molar-refractivity contribution in [1.82, 2.24) is 15.0 Å². The number of nitrogens with zero attached hydrogens (tertiary/aromatic N) is 3. The normalized spacial score (nSPS) is 11.9. The predicted molar refractivity (Wildman–Crippen MR) is 56.0 cm³/mol. The summed E-state index contributed by atoms with van der Waals surface area (Å²) in [6.07, 6.45) is 5.17. The van der Waals surface area contributed by atoms with Crippen molar-refractivity contribution in [3.8, 4) is 0 Å². The van der Waals surface area contributed by atoms with Crippen LogP contribution in [0, 0.1) is 0 Å². The van der Waals surface area contributed by atoms with Crippen LogP contribution >= 0.6 is 0 Å². The zero-order valence-corrected chi connectivity index (χ0v) is 8.65. The molecule has 0 unspecified atom stereocenters. The number of rotatable bonds is 0. The van der Waals surface area contributed by atoms with E-state index in [1.165, 1.54) is 5.56 Å². The van der Waals surface area contributed by atoms with Gasteiger partial charge in [0.15, 0.2) is 5.65 Å². The van der Waals surface area contributed by atoms with Crippen molar-refractivity contribution in [2.45, 2.75) is 26.2 Å². The number of fused-ring (bicyclic) bond motifs is 1. The minimum Gasteiger partial charge on any atom is -0.251 e. The Labute approximate surface area is 83.2 Å². The van der Waals surface area contributed by atoms with Crippen molar-refractivity contribution in [3.05, 3.63) is 30.2 Å². The molecule has 0 aliphatic heterocycles. The van der Waals surface area contributed by atoms with E-state index in [9.17, 15) is 0 Å². The van der Waals surface area contributed by atoms with E-state index in [1.54, 1.807) is 18.6 Å². The van der Waals surface area contributed by atoms with Crippen LogP contribution in [0.15, 0.2) is 24.7 Å². The molecule has 3 nitrogen and oxygen atoms in total. The molecular weight excluding hydrogens is 174 g/mol. The lowest BCUT2D eigenvalue weighted by atomic mass is 9.87. The van der Waals surface area contributed by atoms with Gasteiger partial charge in [-0.25, -0.2) is 9.97 Å². The second kappa shape index (κ2) is 3.01. The van der Waals surface area contributed by atoms with E-state index in [0.29, 0.717) is 0 Å². The van der Waals surface area contributed by atoms with E-state index in [4.69, 9.17) is 0 Å². The fourth-order valence-electron chi connectivity index (χ4n) is 1.48. The van der Waals surface area contributed by atoms with Gasteiger partial charge in [-0.05, 0) is 17.0 Å². The second-order valence-electron chi connectivity index (χ2n) is 4.34. The molecule has 0 spiro atoms. The fourth-order valence-corrected chi connectivity index (χ4v) is 1.48. The minimum atomic E-state index is 0.0806. The van der Waals surface area contributed by atoms with Gasteiger partial charge < -0.3 is 0 Å². The van der Waals surface area contributed by atoms with Crippen LogP contribution in [0.3, 0.4) is 0 Å². The van der Waals surface area contributed by atoms with Crippen LogP contribution in [0.5, 0.6) is 0 Å². The van der Waals surface area contributed by atoms with Gasteiger partial charge in [-0.2, -0.15) is 0 Å². The summed E-state index contributed by atoms with van der Waals surface area (Å²) in [5.74, 6) is 0. The van der Waals surface area contributed by atoms with E-state index in [-0.39, 0.29) is 5.41 Å². The fraction of sp³-hybridized carbons (Fsp3) is 0.364. The van der Waals surface area contributed by atoms with Gasteiger partial charge in [0.25, 0.3) is 0 Å². The van der Waals surface area contributed by atoms with Crippen LogP contribution in [0.4, 0.5) is 0 Å². The van der Waals surface area contributed by atoms with Gasteiger partial charge >= 0.3 is 0 Å². The molecule has 0 radical (unpaired) electrons. The third kappa shape index (κ3) is 1.45. The Kier molecular flexibility index (Phi) is 1.95. The monoisotopic (exact) mass is 187 g/mol. The lowest BCUT2D eigenvalue weighted by Gasteiger charge is -2.19. The molecule has 3 heteroatoms. The molecule has 72 valence electrons. The molecule has 2 heterocycles. The van der Waals surface area contributed by atoms with E-state index in [0.717, 1.165) is 11.2 Å². The quantitative estimate of drug-likeness (QED) is 0.635. The Morgan fingerprint density at radius 1 is 0.929 bits per heavy atom. The lowest BCUT2D eigenvalue weighted by Crippen LogP contribution is -2.12. The zero-order chi connectivity index (χ0) is 10.2. The Morgan fingerprint density at radius 3 is 2.29 bits per heavy atom. The van der Waals surface area contributed by atoms with Gasteiger partial charge in [0.05, 0.1) is 0 Å². The first kappa shape index (κ1) is 9.06. The maximum Gasteiger partial charge on any atom is 0.178 e. The molecule has 0 aromatic carbocycles. The molecule has 0 saturated carbocycles. The zero-order valence-electron chi connectivity index (χ0n) is 8.65. The van der Waals surface area contributed by atoms with Crippen molar-refractivity contribution in [1.29, 1.82) is 0 Å². The van der Waals surface area contributed by atoms with E-state index >= 15 is 0 Å². The van der Waals surface area contributed by atoms with Gasteiger partial charge in [0.2, 0.25) is 0 Å². The highest BCUT2D eigenvalue weighted by atomic mass is 14.9. The first-order chi connectivity index (χ1) is 6.59. The molecule has 0 N–H and O–H groups in total. The number of pyridine rings is 1. The minimum absolute atomic E-state index is 0.0806. The summed E-state index contributed by atoms with van der Waals surface area (Å²) in [5, 5.41) is 0. The van der Waals surface area contributed by atoms with Crippen molar-refractivity contribution >= 4 is 11.2 Å². The lowest BCUT2D eigenvalue weighted by molar-refractivity contribution is 0.594. The predicted octanol–water partition coefficient (Wildman–Crippen LogP) is 2.32. The smallest absolute Gasteiger partial charge is 0.178 e. The molecule has 0 atom stereocenters. The Morgan fingerprint density at radius 2 is 1.57 bits per heavy atom. The van der Waals surface area contributed by atoms with Crippen molar-refractivity contribution in [2.75, 3.05) is 0 Å². The first-order valence-corrected chi connectivity index (χ1v) is 4.65.